The van der Waals surface area contributed by atoms with E-state index in [1.807, 2.05) is 0 Å². The topological polar surface area (TPSA) is 54.5 Å². The van der Waals surface area contributed by atoms with Crippen LogP contribution in [0.5, 0.6) is 5.75 Å². The van der Waals surface area contributed by atoms with E-state index in [0.717, 1.165) is 31.7 Å². The van der Waals surface area contributed by atoms with Gasteiger partial charge >= 0.3 is 0 Å². The molecule has 0 aromatic carbocycles. The van der Waals surface area contributed by atoms with Gasteiger partial charge in [-0.25, -0.2) is 0 Å². The first-order valence-corrected chi connectivity index (χ1v) is 6.22. The van der Waals surface area contributed by atoms with Gasteiger partial charge in [0.1, 0.15) is 17.5 Å². The molecule has 1 aliphatic rings. The van der Waals surface area contributed by atoms with E-state index in [1.54, 1.807) is 32.4 Å². The van der Waals surface area contributed by atoms with Crippen LogP contribution >= 0.6 is 0 Å². The zero-order chi connectivity index (χ0) is 13.0. The predicted molar refractivity (Wildman–Crippen MR) is 68.8 cm³/mol. The number of hydrogen-bond acceptors (Lipinski definition) is 4. The van der Waals surface area contributed by atoms with Crippen molar-refractivity contribution < 1.29 is 9.53 Å². The normalized spacial score (nSPS) is 16.3. The molecule has 18 heavy (non-hydrogen) atoms. The van der Waals surface area contributed by atoms with Crippen molar-refractivity contribution in [3.8, 4) is 5.75 Å². The third-order valence-electron chi connectivity index (χ3n) is 2.95. The Kier molecular flexibility index (Phi) is 4.15. The summed E-state index contributed by atoms with van der Waals surface area (Å²) in [6.07, 6.45) is 3.85. The van der Waals surface area contributed by atoms with Crippen molar-refractivity contribution in [2.45, 2.75) is 18.9 Å². The molecule has 1 saturated heterocycles. The van der Waals surface area contributed by atoms with Gasteiger partial charge in [0.05, 0.1) is 0 Å². The lowest BCUT2D eigenvalue weighted by atomic mass is 10.1. The second-order valence-corrected chi connectivity index (χ2v) is 4.64. The number of nitrogens with one attached hydrogen (secondary N) is 1. The van der Waals surface area contributed by atoms with E-state index >= 15 is 0 Å². The quantitative estimate of drug-likeness (QED) is 0.865. The molecule has 0 spiro atoms. The molecule has 1 aliphatic heterocycles. The van der Waals surface area contributed by atoms with E-state index in [2.05, 4.69) is 10.3 Å². The molecular formula is C13H19N3O2. The minimum atomic E-state index is -0.106. The summed E-state index contributed by atoms with van der Waals surface area (Å²) >= 11 is 0. The second kappa shape index (κ2) is 5.82. The number of rotatable bonds is 3. The number of ether oxygens (including phenoxy) is 1. The van der Waals surface area contributed by atoms with Crippen molar-refractivity contribution in [1.29, 1.82) is 0 Å². The minimum absolute atomic E-state index is 0.106. The number of pyridine rings is 1. The predicted octanol–water partition coefficient (Wildman–Crippen LogP) is 0.914. The molecule has 5 nitrogen and oxygen atoms in total. The third-order valence-corrected chi connectivity index (χ3v) is 2.95. The van der Waals surface area contributed by atoms with Crippen LogP contribution in [0.1, 0.15) is 23.3 Å². The summed E-state index contributed by atoms with van der Waals surface area (Å²) in [5.74, 6) is 0.618. The third kappa shape index (κ3) is 3.20. The first-order chi connectivity index (χ1) is 8.66. The molecule has 0 atom stereocenters. The molecule has 1 N–H and O–H groups in total. The Morgan fingerprint density at radius 3 is 2.83 bits per heavy atom. The molecule has 0 radical (unpaired) electrons. The van der Waals surface area contributed by atoms with E-state index < -0.39 is 0 Å². The van der Waals surface area contributed by atoms with Crippen LogP contribution in [-0.4, -0.2) is 49.1 Å². The molecule has 98 valence electrons. The lowest BCUT2D eigenvalue weighted by Gasteiger charge is -2.24. The summed E-state index contributed by atoms with van der Waals surface area (Å²) in [6, 6.07) is 3.51. The van der Waals surface area contributed by atoms with Crippen LogP contribution in [0.2, 0.25) is 0 Å². The van der Waals surface area contributed by atoms with Gasteiger partial charge in [-0.2, -0.15) is 0 Å². The fraction of sp³-hybridized carbons (Fsp3) is 0.538. The standard InChI is InChI=1S/C13H19N3O2/c1-16(2)13(17)12-9-11(5-8-15-12)18-10-3-6-14-7-4-10/h5,8-10,14H,3-4,6-7H2,1-2H3. The molecule has 2 heterocycles. The minimum Gasteiger partial charge on any atom is -0.490 e. The number of amides is 1. The zero-order valence-electron chi connectivity index (χ0n) is 10.8. The van der Waals surface area contributed by atoms with Gasteiger partial charge in [-0.15, -0.1) is 0 Å². The van der Waals surface area contributed by atoms with Crippen molar-refractivity contribution in [3.05, 3.63) is 24.0 Å². The molecule has 0 saturated carbocycles. The molecule has 0 unspecified atom stereocenters. The Bertz CT molecular complexity index is 414. The van der Waals surface area contributed by atoms with Gasteiger partial charge in [-0.05, 0) is 32.0 Å². The second-order valence-electron chi connectivity index (χ2n) is 4.64. The van der Waals surface area contributed by atoms with Gasteiger partial charge in [0.2, 0.25) is 0 Å². The van der Waals surface area contributed by atoms with Gasteiger partial charge < -0.3 is 15.0 Å². The van der Waals surface area contributed by atoms with Gasteiger partial charge in [0, 0.05) is 26.4 Å². The SMILES string of the molecule is CN(C)C(=O)c1cc(OC2CCNCC2)ccn1. The summed E-state index contributed by atoms with van der Waals surface area (Å²) < 4.78 is 5.88. The maximum Gasteiger partial charge on any atom is 0.272 e. The van der Waals surface area contributed by atoms with E-state index in [1.165, 1.54) is 4.90 Å². The maximum atomic E-state index is 11.8. The highest BCUT2D eigenvalue weighted by Gasteiger charge is 2.16. The number of nitrogens with zero attached hydrogens (tertiary/aromatic N) is 2. The van der Waals surface area contributed by atoms with Crippen molar-refractivity contribution in [2.24, 2.45) is 0 Å². The van der Waals surface area contributed by atoms with Crippen LogP contribution in [0.4, 0.5) is 0 Å². The Morgan fingerprint density at radius 2 is 2.17 bits per heavy atom. The van der Waals surface area contributed by atoms with Gasteiger partial charge in [-0.3, -0.25) is 9.78 Å². The van der Waals surface area contributed by atoms with Crippen molar-refractivity contribution in [2.75, 3.05) is 27.2 Å². The highest BCUT2D eigenvalue weighted by molar-refractivity contribution is 5.92. The maximum absolute atomic E-state index is 11.8. The van der Waals surface area contributed by atoms with Crippen molar-refractivity contribution in [3.63, 3.8) is 0 Å². The largest absolute Gasteiger partial charge is 0.490 e. The Hall–Kier alpha value is -1.62. The zero-order valence-corrected chi connectivity index (χ0v) is 10.8. The summed E-state index contributed by atoms with van der Waals surface area (Å²) in [7, 11) is 3.43. The van der Waals surface area contributed by atoms with Crippen LogP contribution in [-0.2, 0) is 0 Å². The number of carbonyl (C=O) groups is 1. The molecule has 5 heteroatoms. The number of aromatic nitrogens is 1. The van der Waals surface area contributed by atoms with Crippen molar-refractivity contribution >= 4 is 5.91 Å². The van der Waals surface area contributed by atoms with Gasteiger partial charge in [0.25, 0.3) is 5.91 Å². The van der Waals surface area contributed by atoms with Crippen LogP contribution in [0.15, 0.2) is 18.3 Å². The highest BCUT2D eigenvalue weighted by atomic mass is 16.5. The van der Waals surface area contributed by atoms with Crippen LogP contribution in [0.3, 0.4) is 0 Å². The molecule has 1 aromatic heterocycles. The molecule has 0 aliphatic carbocycles. The molecule has 0 bridgehead atoms. The average molecular weight is 249 g/mol. The first-order valence-electron chi connectivity index (χ1n) is 6.22. The molecule has 1 fully saturated rings. The Labute approximate surface area is 107 Å². The highest BCUT2D eigenvalue weighted by Crippen LogP contribution is 2.17. The summed E-state index contributed by atoms with van der Waals surface area (Å²) in [6.45, 7) is 1.97. The Morgan fingerprint density at radius 1 is 1.44 bits per heavy atom. The lowest BCUT2D eigenvalue weighted by molar-refractivity contribution is 0.0820. The summed E-state index contributed by atoms with van der Waals surface area (Å²) in [5, 5.41) is 3.29. The van der Waals surface area contributed by atoms with Crippen LogP contribution < -0.4 is 10.1 Å². The monoisotopic (exact) mass is 249 g/mol. The van der Waals surface area contributed by atoms with Crippen molar-refractivity contribution in [1.82, 2.24) is 15.2 Å². The van der Waals surface area contributed by atoms with E-state index in [0.29, 0.717) is 5.69 Å². The molecule has 1 aromatic rings. The van der Waals surface area contributed by atoms with Crippen LogP contribution in [0.25, 0.3) is 0 Å². The fourth-order valence-electron chi connectivity index (χ4n) is 1.94. The van der Waals surface area contributed by atoms with E-state index in [-0.39, 0.29) is 12.0 Å². The van der Waals surface area contributed by atoms with E-state index in [9.17, 15) is 4.79 Å². The van der Waals surface area contributed by atoms with E-state index in [4.69, 9.17) is 4.74 Å². The summed E-state index contributed by atoms with van der Waals surface area (Å²) in [4.78, 5) is 17.4. The van der Waals surface area contributed by atoms with Gasteiger partial charge in [-0.1, -0.05) is 0 Å². The smallest absolute Gasteiger partial charge is 0.272 e. The lowest BCUT2D eigenvalue weighted by Crippen LogP contribution is -2.34. The Balaban J connectivity index is 2.04. The number of carbonyl (C=O) groups excluding carboxylic acids is 1. The first kappa shape index (κ1) is 12.8. The summed E-state index contributed by atoms with van der Waals surface area (Å²) in [5.41, 5.74) is 0.423. The van der Waals surface area contributed by atoms with Gasteiger partial charge in [0.15, 0.2) is 0 Å². The average Bonchev–Trinajstić information content (AvgIpc) is 2.39. The molecule has 1 amide bonds. The molecular weight excluding hydrogens is 230 g/mol. The molecule has 2 rings (SSSR count). The fourth-order valence-corrected chi connectivity index (χ4v) is 1.94. The van der Waals surface area contributed by atoms with Crippen LogP contribution in [0, 0.1) is 0 Å². The number of hydrogen-bond donors (Lipinski definition) is 1. The number of piperidine rings is 1.